The SMILES string of the molecule is COc1ccc(S(=O)(=O)N2CCN(C(=O)c3csc(-c4ccc(Cl)s4)n3)CC2)cc1. The number of piperazine rings is 1. The topological polar surface area (TPSA) is 79.8 Å². The van der Waals surface area contributed by atoms with E-state index in [2.05, 4.69) is 4.98 Å². The van der Waals surface area contributed by atoms with E-state index in [0.29, 0.717) is 28.9 Å². The first kappa shape index (κ1) is 21.3. The number of methoxy groups -OCH3 is 1. The number of amides is 1. The summed E-state index contributed by atoms with van der Waals surface area (Å²) in [5.41, 5.74) is 0.367. The van der Waals surface area contributed by atoms with E-state index in [0.717, 1.165) is 9.88 Å². The minimum absolute atomic E-state index is 0.193. The molecule has 0 bridgehead atoms. The Labute approximate surface area is 187 Å². The van der Waals surface area contributed by atoms with Crippen LogP contribution in [-0.2, 0) is 10.0 Å². The summed E-state index contributed by atoms with van der Waals surface area (Å²) < 4.78 is 32.9. The molecular formula is C19H18ClN3O4S3. The second-order valence-corrected chi connectivity index (χ2v) is 11.0. The van der Waals surface area contributed by atoms with Crippen molar-refractivity contribution in [2.45, 2.75) is 4.90 Å². The van der Waals surface area contributed by atoms with Gasteiger partial charge in [-0.15, -0.1) is 22.7 Å². The molecule has 3 aromatic rings. The van der Waals surface area contributed by atoms with Gasteiger partial charge in [0, 0.05) is 31.6 Å². The van der Waals surface area contributed by atoms with Gasteiger partial charge in [-0.25, -0.2) is 13.4 Å². The molecule has 30 heavy (non-hydrogen) atoms. The Hall–Kier alpha value is -1.98. The number of nitrogens with zero attached hydrogens (tertiary/aromatic N) is 3. The zero-order valence-electron chi connectivity index (χ0n) is 15.9. The van der Waals surface area contributed by atoms with Crippen LogP contribution in [0.2, 0.25) is 4.34 Å². The molecule has 1 amide bonds. The summed E-state index contributed by atoms with van der Waals surface area (Å²) in [5.74, 6) is 0.401. The predicted molar refractivity (Wildman–Crippen MR) is 118 cm³/mol. The van der Waals surface area contributed by atoms with E-state index in [1.807, 2.05) is 6.07 Å². The van der Waals surface area contributed by atoms with Gasteiger partial charge in [0.2, 0.25) is 10.0 Å². The van der Waals surface area contributed by atoms with Gasteiger partial charge in [0.1, 0.15) is 16.5 Å². The van der Waals surface area contributed by atoms with Crippen LogP contribution in [0.1, 0.15) is 10.5 Å². The Kier molecular flexibility index (Phi) is 6.12. The lowest BCUT2D eigenvalue weighted by atomic mass is 10.3. The van der Waals surface area contributed by atoms with Gasteiger partial charge in [-0.3, -0.25) is 4.79 Å². The van der Waals surface area contributed by atoms with Crippen molar-refractivity contribution in [2.75, 3.05) is 33.3 Å². The monoisotopic (exact) mass is 483 g/mol. The average molecular weight is 484 g/mol. The third-order valence-electron chi connectivity index (χ3n) is 4.73. The number of carbonyl (C=O) groups is 1. The number of thiazole rings is 1. The van der Waals surface area contributed by atoms with E-state index in [9.17, 15) is 13.2 Å². The van der Waals surface area contributed by atoms with Crippen molar-refractivity contribution in [2.24, 2.45) is 0 Å². The van der Waals surface area contributed by atoms with Gasteiger partial charge >= 0.3 is 0 Å². The maximum absolute atomic E-state index is 12.9. The number of ether oxygens (including phenoxy) is 1. The number of hydrogen-bond acceptors (Lipinski definition) is 7. The summed E-state index contributed by atoms with van der Waals surface area (Å²) >= 11 is 8.77. The molecule has 11 heteroatoms. The molecule has 7 nitrogen and oxygen atoms in total. The highest BCUT2D eigenvalue weighted by atomic mass is 35.5. The fraction of sp³-hybridized carbons (Fsp3) is 0.263. The number of rotatable bonds is 5. The largest absolute Gasteiger partial charge is 0.497 e. The Morgan fingerprint density at radius 2 is 1.80 bits per heavy atom. The molecule has 0 atom stereocenters. The van der Waals surface area contributed by atoms with Gasteiger partial charge in [0.05, 0.1) is 21.2 Å². The van der Waals surface area contributed by atoms with Crippen molar-refractivity contribution < 1.29 is 17.9 Å². The molecule has 0 saturated carbocycles. The molecule has 1 saturated heterocycles. The standard InChI is InChI=1S/C19H18ClN3O4S3/c1-27-13-2-4-14(5-3-13)30(25,26)23-10-8-22(9-11-23)19(24)15-12-28-18(21-15)16-6-7-17(20)29-16/h2-7,12H,8-11H2,1H3. The van der Waals surface area contributed by atoms with Gasteiger partial charge in [-0.1, -0.05) is 11.6 Å². The van der Waals surface area contributed by atoms with Crippen molar-refractivity contribution in [1.82, 2.24) is 14.2 Å². The van der Waals surface area contributed by atoms with Crippen molar-refractivity contribution in [1.29, 1.82) is 0 Å². The Morgan fingerprint density at radius 1 is 1.10 bits per heavy atom. The fourth-order valence-corrected chi connectivity index (χ4v) is 6.44. The molecule has 1 aromatic carbocycles. The highest BCUT2D eigenvalue weighted by Gasteiger charge is 2.31. The van der Waals surface area contributed by atoms with Gasteiger partial charge < -0.3 is 9.64 Å². The Balaban J connectivity index is 1.41. The van der Waals surface area contributed by atoms with Gasteiger partial charge in [0.15, 0.2) is 0 Å². The molecule has 2 aromatic heterocycles. The quantitative estimate of drug-likeness (QED) is 0.553. The van der Waals surface area contributed by atoms with Crippen molar-refractivity contribution in [3.63, 3.8) is 0 Å². The minimum Gasteiger partial charge on any atom is -0.497 e. The number of benzene rings is 1. The molecule has 1 aliphatic rings. The van der Waals surface area contributed by atoms with Gasteiger partial charge in [-0.2, -0.15) is 4.31 Å². The lowest BCUT2D eigenvalue weighted by molar-refractivity contribution is 0.0693. The maximum Gasteiger partial charge on any atom is 0.273 e. The van der Waals surface area contributed by atoms with Crippen LogP contribution >= 0.6 is 34.3 Å². The molecular weight excluding hydrogens is 466 g/mol. The normalized spacial score (nSPS) is 15.3. The summed E-state index contributed by atoms with van der Waals surface area (Å²) in [6, 6.07) is 9.97. The van der Waals surface area contributed by atoms with Crippen LogP contribution in [0.5, 0.6) is 5.75 Å². The molecule has 158 valence electrons. The third kappa shape index (κ3) is 4.23. The maximum atomic E-state index is 12.9. The van der Waals surface area contributed by atoms with Crippen LogP contribution in [-0.4, -0.2) is 61.8 Å². The van der Waals surface area contributed by atoms with Crippen molar-refractivity contribution in [3.8, 4) is 15.6 Å². The lowest BCUT2D eigenvalue weighted by Crippen LogP contribution is -2.50. The molecule has 0 radical (unpaired) electrons. The van der Waals surface area contributed by atoms with Crippen LogP contribution in [0.15, 0.2) is 46.7 Å². The van der Waals surface area contributed by atoms with Crippen molar-refractivity contribution in [3.05, 3.63) is 51.8 Å². The van der Waals surface area contributed by atoms with E-state index in [1.54, 1.807) is 28.5 Å². The van der Waals surface area contributed by atoms with E-state index in [4.69, 9.17) is 16.3 Å². The molecule has 0 N–H and O–H groups in total. The number of aromatic nitrogens is 1. The molecule has 3 heterocycles. The number of hydrogen-bond donors (Lipinski definition) is 0. The molecule has 1 aliphatic heterocycles. The van der Waals surface area contributed by atoms with Crippen LogP contribution in [0, 0.1) is 0 Å². The van der Waals surface area contributed by atoms with E-state index >= 15 is 0 Å². The van der Waals surface area contributed by atoms with Gasteiger partial charge in [-0.05, 0) is 36.4 Å². The summed E-state index contributed by atoms with van der Waals surface area (Å²) in [7, 11) is -2.09. The van der Waals surface area contributed by atoms with Gasteiger partial charge in [0.25, 0.3) is 5.91 Å². The van der Waals surface area contributed by atoms with E-state index < -0.39 is 10.0 Å². The molecule has 4 rings (SSSR count). The van der Waals surface area contributed by atoms with Crippen LogP contribution in [0.4, 0.5) is 0 Å². The summed E-state index contributed by atoms with van der Waals surface area (Å²) in [4.78, 5) is 20.0. The molecule has 1 fully saturated rings. The minimum atomic E-state index is -3.62. The number of sulfonamides is 1. The second-order valence-electron chi connectivity index (χ2n) is 6.51. The lowest BCUT2D eigenvalue weighted by Gasteiger charge is -2.33. The van der Waals surface area contributed by atoms with E-state index in [1.165, 1.54) is 46.2 Å². The number of thiophene rings is 1. The fourth-order valence-electron chi connectivity index (χ4n) is 3.10. The first-order chi connectivity index (χ1) is 14.4. The van der Waals surface area contributed by atoms with Crippen molar-refractivity contribution >= 4 is 50.2 Å². The molecule has 0 spiro atoms. The summed E-state index contributed by atoms with van der Waals surface area (Å²) in [6.45, 7) is 1.09. The zero-order valence-corrected chi connectivity index (χ0v) is 19.2. The predicted octanol–water partition coefficient (Wildman–Crippen LogP) is 3.68. The second kappa shape index (κ2) is 8.64. The van der Waals surface area contributed by atoms with Crippen LogP contribution < -0.4 is 4.74 Å². The number of carbonyl (C=O) groups excluding carboxylic acids is 1. The first-order valence-electron chi connectivity index (χ1n) is 9.03. The smallest absolute Gasteiger partial charge is 0.273 e. The molecule has 0 unspecified atom stereocenters. The number of halogens is 1. The Morgan fingerprint density at radius 3 is 2.40 bits per heavy atom. The Bertz CT molecular complexity index is 1150. The van der Waals surface area contributed by atoms with E-state index in [-0.39, 0.29) is 23.9 Å². The zero-order chi connectivity index (χ0) is 21.3. The van der Waals surface area contributed by atoms with Crippen LogP contribution in [0.3, 0.4) is 0 Å². The first-order valence-corrected chi connectivity index (χ1v) is 12.5. The summed E-state index contributed by atoms with van der Waals surface area (Å²) in [6.07, 6.45) is 0. The molecule has 0 aliphatic carbocycles. The highest BCUT2D eigenvalue weighted by molar-refractivity contribution is 7.89. The highest BCUT2D eigenvalue weighted by Crippen LogP contribution is 2.33. The van der Waals surface area contributed by atoms with Crippen LogP contribution in [0.25, 0.3) is 9.88 Å². The third-order valence-corrected chi connectivity index (χ3v) is 8.89. The average Bonchev–Trinajstić information content (AvgIpc) is 3.42. The summed E-state index contributed by atoms with van der Waals surface area (Å²) in [5, 5.41) is 2.47.